The van der Waals surface area contributed by atoms with Crippen LogP contribution in [0, 0.1) is 13.8 Å². The van der Waals surface area contributed by atoms with Crippen molar-refractivity contribution >= 4 is 17.5 Å². The predicted octanol–water partition coefficient (Wildman–Crippen LogP) is 3.97. The molecule has 0 atom stereocenters. The van der Waals surface area contributed by atoms with Gasteiger partial charge in [0.05, 0.1) is 12.8 Å². The number of aryl methyl sites for hydroxylation is 2. The van der Waals surface area contributed by atoms with E-state index in [1.807, 2.05) is 43.3 Å². The number of nitrogens with zero attached hydrogens (tertiary/aromatic N) is 2. The number of amides is 1. The van der Waals surface area contributed by atoms with E-state index < -0.39 is 0 Å². The number of benzene rings is 2. The molecular formula is C21H22N4O2. The summed E-state index contributed by atoms with van der Waals surface area (Å²) in [7, 11) is 1.57. The van der Waals surface area contributed by atoms with Gasteiger partial charge in [-0.05, 0) is 48.7 Å². The predicted molar refractivity (Wildman–Crippen MR) is 106 cm³/mol. The molecule has 27 heavy (non-hydrogen) atoms. The van der Waals surface area contributed by atoms with Crippen LogP contribution in [0.15, 0.2) is 54.7 Å². The van der Waals surface area contributed by atoms with Crippen LogP contribution < -0.4 is 15.4 Å². The molecule has 0 saturated carbocycles. The molecule has 6 nitrogen and oxygen atoms in total. The van der Waals surface area contributed by atoms with E-state index in [-0.39, 0.29) is 11.6 Å². The average molecular weight is 362 g/mol. The van der Waals surface area contributed by atoms with E-state index in [1.54, 1.807) is 19.4 Å². The quantitative estimate of drug-likeness (QED) is 0.694. The molecule has 0 saturated heterocycles. The Morgan fingerprint density at radius 1 is 1.11 bits per heavy atom. The lowest BCUT2D eigenvalue weighted by Gasteiger charge is -2.11. The van der Waals surface area contributed by atoms with E-state index in [0.717, 1.165) is 11.1 Å². The zero-order valence-corrected chi connectivity index (χ0v) is 15.6. The van der Waals surface area contributed by atoms with Crippen molar-refractivity contribution in [2.45, 2.75) is 20.4 Å². The van der Waals surface area contributed by atoms with Gasteiger partial charge in [0.1, 0.15) is 11.4 Å². The zero-order valence-electron chi connectivity index (χ0n) is 15.6. The number of ether oxygens (including phenoxy) is 1. The Balaban J connectivity index is 1.72. The summed E-state index contributed by atoms with van der Waals surface area (Å²) in [6.45, 7) is 4.59. The number of nitrogens with one attached hydrogen (secondary N) is 2. The molecule has 0 fully saturated rings. The standard InChI is InChI=1S/C21H22N4O2/c1-14-8-9-19(27-3)18(12-14)24-20(26)17-10-11-22-21(25-17)23-13-16-7-5-4-6-15(16)2/h4-12H,13H2,1-3H3,(H,24,26)(H,22,23,25). The van der Waals surface area contributed by atoms with E-state index in [9.17, 15) is 4.79 Å². The molecule has 6 heteroatoms. The minimum atomic E-state index is -0.319. The number of hydrogen-bond acceptors (Lipinski definition) is 5. The van der Waals surface area contributed by atoms with Crippen molar-refractivity contribution in [2.24, 2.45) is 0 Å². The Morgan fingerprint density at radius 2 is 1.93 bits per heavy atom. The number of anilines is 2. The Hall–Kier alpha value is -3.41. The molecule has 0 radical (unpaired) electrons. The van der Waals surface area contributed by atoms with Crippen LogP contribution in [0.5, 0.6) is 5.75 Å². The fourth-order valence-electron chi connectivity index (χ4n) is 2.66. The SMILES string of the molecule is COc1ccc(C)cc1NC(=O)c1ccnc(NCc2ccccc2C)n1. The number of carbonyl (C=O) groups excluding carboxylic acids is 1. The third-order valence-corrected chi connectivity index (χ3v) is 4.19. The molecule has 0 unspecified atom stereocenters. The Kier molecular flexibility index (Phi) is 5.66. The van der Waals surface area contributed by atoms with Gasteiger partial charge in [-0.1, -0.05) is 30.3 Å². The Labute approximate surface area is 158 Å². The average Bonchev–Trinajstić information content (AvgIpc) is 2.68. The smallest absolute Gasteiger partial charge is 0.274 e. The maximum absolute atomic E-state index is 12.6. The van der Waals surface area contributed by atoms with Crippen molar-refractivity contribution in [3.8, 4) is 5.75 Å². The number of rotatable bonds is 6. The summed E-state index contributed by atoms with van der Waals surface area (Å²) in [4.78, 5) is 21.1. The molecule has 0 spiro atoms. The highest BCUT2D eigenvalue weighted by Crippen LogP contribution is 2.25. The highest BCUT2D eigenvalue weighted by molar-refractivity contribution is 6.03. The third-order valence-electron chi connectivity index (χ3n) is 4.19. The minimum Gasteiger partial charge on any atom is -0.495 e. The molecule has 0 aliphatic heterocycles. The lowest BCUT2D eigenvalue weighted by Crippen LogP contribution is -2.16. The molecule has 1 aromatic heterocycles. The summed E-state index contributed by atoms with van der Waals surface area (Å²) in [5.41, 5.74) is 4.25. The number of aromatic nitrogens is 2. The first kappa shape index (κ1) is 18.4. The van der Waals surface area contributed by atoms with Crippen molar-refractivity contribution in [3.05, 3.63) is 77.1 Å². The molecule has 0 aliphatic carbocycles. The van der Waals surface area contributed by atoms with E-state index in [0.29, 0.717) is 23.9 Å². The molecular weight excluding hydrogens is 340 g/mol. The zero-order chi connectivity index (χ0) is 19.2. The van der Waals surface area contributed by atoms with Crippen LogP contribution in [0.3, 0.4) is 0 Å². The van der Waals surface area contributed by atoms with E-state index in [4.69, 9.17) is 4.74 Å². The molecule has 0 aliphatic rings. The van der Waals surface area contributed by atoms with Gasteiger partial charge in [0.2, 0.25) is 5.95 Å². The number of carbonyl (C=O) groups is 1. The summed E-state index contributed by atoms with van der Waals surface area (Å²) >= 11 is 0. The first-order chi connectivity index (χ1) is 13.1. The molecule has 138 valence electrons. The van der Waals surface area contributed by atoms with Gasteiger partial charge in [-0.25, -0.2) is 9.97 Å². The van der Waals surface area contributed by atoms with Gasteiger partial charge in [0.25, 0.3) is 5.91 Å². The van der Waals surface area contributed by atoms with Gasteiger partial charge in [-0.3, -0.25) is 4.79 Å². The lowest BCUT2D eigenvalue weighted by atomic mass is 10.1. The molecule has 3 aromatic rings. The fourth-order valence-corrected chi connectivity index (χ4v) is 2.66. The second-order valence-electron chi connectivity index (χ2n) is 6.20. The van der Waals surface area contributed by atoms with Crippen LogP contribution in [0.25, 0.3) is 0 Å². The van der Waals surface area contributed by atoms with Gasteiger partial charge in [-0.15, -0.1) is 0 Å². The van der Waals surface area contributed by atoms with Crippen molar-refractivity contribution in [2.75, 3.05) is 17.7 Å². The largest absolute Gasteiger partial charge is 0.495 e. The summed E-state index contributed by atoms with van der Waals surface area (Å²) < 4.78 is 5.30. The minimum absolute atomic E-state index is 0.279. The van der Waals surface area contributed by atoms with Crippen LogP contribution >= 0.6 is 0 Å². The van der Waals surface area contributed by atoms with Gasteiger partial charge in [0.15, 0.2) is 0 Å². The van der Waals surface area contributed by atoms with E-state index in [2.05, 4.69) is 33.6 Å². The summed E-state index contributed by atoms with van der Waals surface area (Å²) in [5, 5.41) is 6.01. The fraction of sp³-hybridized carbons (Fsp3) is 0.190. The van der Waals surface area contributed by atoms with Crippen molar-refractivity contribution in [1.82, 2.24) is 9.97 Å². The highest BCUT2D eigenvalue weighted by atomic mass is 16.5. The van der Waals surface area contributed by atoms with Gasteiger partial charge in [-0.2, -0.15) is 0 Å². The lowest BCUT2D eigenvalue weighted by molar-refractivity contribution is 0.102. The summed E-state index contributed by atoms with van der Waals surface area (Å²) in [6, 6.07) is 15.3. The van der Waals surface area contributed by atoms with Crippen LogP contribution in [0.2, 0.25) is 0 Å². The van der Waals surface area contributed by atoms with Crippen molar-refractivity contribution < 1.29 is 9.53 Å². The van der Waals surface area contributed by atoms with Crippen molar-refractivity contribution in [1.29, 1.82) is 0 Å². The maximum Gasteiger partial charge on any atom is 0.274 e. The summed E-state index contributed by atoms with van der Waals surface area (Å²) in [5.74, 6) is 0.684. The van der Waals surface area contributed by atoms with Crippen LogP contribution in [0.1, 0.15) is 27.2 Å². The molecule has 2 N–H and O–H groups in total. The normalized spacial score (nSPS) is 10.3. The second kappa shape index (κ2) is 8.31. The highest BCUT2D eigenvalue weighted by Gasteiger charge is 2.12. The second-order valence-corrected chi connectivity index (χ2v) is 6.20. The number of methoxy groups -OCH3 is 1. The van der Waals surface area contributed by atoms with Gasteiger partial charge in [0, 0.05) is 12.7 Å². The molecule has 3 rings (SSSR count). The molecule has 1 amide bonds. The molecule has 1 heterocycles. The first-order valence-corrected chi connectivity index (χ1v) is 8.64. The monoisotopic (exact) mass is 362 g/mol. The molecule has 2 aromatic carbocycles. The maximum atomic E-state index is 12.6. The molecule has 0 bridgehead atoms. The Morgan fingerprint density at radius 3 is 2.70 bits per heavy atom. The number of hydrogen-bond donors (Lipinski definition) is 2. The van der Waals surface area contributed by atoms with Crippen molar-refractivity contribution in [3.63, 3.8) is 0 Å². The first-order valence-electron chi connectivity index (χ1n) is 8.64. The topological polar surface area (TPSA) is 76.1 Å². The van der Waals surface area contributed by atoms with E-state index >= 15 is 0 Å². The van der Waals surface area contributed by atoms with Crippen LogP contribution in [-0.4, -0.2) is 23.0 Å². The van der Waals surface area contributed by atoms with E-state index in [1.165, 1.54) is 5.56 Å². The van der Waals surface area contributed by atoms with Crippen LogP contribution in [-0.2, 0) is 6.54 Å². The third kappa shape index (κ3) is 4.61. The summed E-state index contributed by atoms with van der Waals surface area (Å²) in [6.07, 6.45) is 1.57. The van der Waals surface area contributed by atoms with Gasteiger partial charge < -0.3 is 15.4 Å². The van der Waals surface area contributed by atoms with Crippen LogP contribution in [0.4, 0.5) is 11.6 Å². The Bertz CT molecular complexity index is 956. The van der Waals surface area contributed by atoms with Gasteiger partial charge >= 0.3 is 0 Å².